The number of benzene rings is 2. The molecule has 0 saturated carbocycles. The fourth-order valence-electron chi connectivity index (χ4n) is 4.35. The molecule has 0 spiro atoms. The van der Waals surface area contributed by atoms with Crippen molar-refractivity contribution in [3.8, 4) is 0 Å². The molecule has 8 heteroatoms. The zero-order valence-corrected chi connectivity index (χ0v) is 23.3. The monoisotopic (exact) mass is 519 g/mol. The van der Waals surface area contributed by atoms with Crippen molar-refractivity contribution in [3.63, 3.8) is 0 Å². The highest BCUT2D eigenvalue weighted by atomic mass is 35.5. The zero-order chi connectivity index (χ0) is 26.1. The number of nitrogens with zero attached hydrogens (tertiary/aromatic N) is 1. The average molecular weight is 520 g/mol. The van der Waals surface area contributed by atoms with Gasteiger partial charge in [-0.05, 0) is 60.8 Å². The standard InChI is InChI=1S/C27H35ClFNO4Si/c1-17-19-10-8-11-20(26(32)33-5)21(19)14-18(16-34-35(6,7)27(2,3)4)30(17)25(31)15-22-23(28)12-9-13-24(22)29/h8-13,17-18H,14-16H2,1-7H3/t17-,18+/m0/s1. The molecule has 0 radical (unpaired) electrons. The van der Waals surface area contributed by atoms with Crippen molar-refractivity contribution in [1.82, 2.24) is 4.90 Å². The van der Waals surface area contributed by atoms with Crippen molar-refractivity contribution < 1.29 is 23.1 Å². The van der Waals surface area contributed by atoms with Gasteiger partial charge in [-0.25, -0.2) is 9.18 Å². The number of ether oxygens (including phenoxy) is 1. The van der Waals surface area contributed by atoms with Crippen LogP contribution in [0.2, 0.25) is 23.2 Å². The number of halogens is 2. The molecule has 2 aromatic rings. The summed E-state index contributed by atoms with van der Waals surface area (Å²) in [7, 11) is -0.751. The third-order valence-corrected chi connectivity index (χ3v) is 12.3. The number of hydrogen-bond donors (Lipinski definition) is 0. The lowest BCUT2D eigenvalue weighted by Crippen LogP contribution is -2.52. The molecule has 1 aliphatic rings. The molecule has 0 N–H and O–H groups in total. The summed E-state index contributed by atoms with van der Waals surface area (Å²) in [5.74, 6) is -1.14. The van der Waals surface area contributed by atoms with Gasteiger partial charge in [0.1, 0.15) is 5.82 Å². The van der Waals surface area contributed by atoms with Crippen LogP contribution in [-0.4, -0.2) is 44.9 Å². The summed E-state index contributed by atoms with van der Waals surface area (Å²) in [4.78, 5) is 27.9. The van der Waals surface area contributed by atoms with Crippen LogP contribution in [0.15, 0.2) is 36.4 Å². The van der Waals surface area contributed by atoms with Gasteiger partial charge >= 0.3 is 5.97 Å². The van der Waals surface area contributed by atoms with E-state index in [0.717, 1.165) is 11.1 Å². The largest absolute Gasteiger partial charge is 0.465 e. The first-order valence-corrected chi connectivity index (χ1v) is 15.1. The topological polar surface area (TPSA) is 55.8 Å². The van der Waals surface area contributed by atoms with E-state index in [-0.39, 0.29) is 40.0 Å². The Morgan fingerprint density at radius 1 is 1.17 bits per heavy atom. The second-order valence-electron chi connectivity index (χ2n) is 10.6. The van der Waals surface area contributed by atoms with Gasteiger partial charge < -0.3 is 14.1 Å². The van der Waals surface area contributed by atoms with Crippen LogP contribution in [0.5, 0.6) is 0 Å². The molecule has 1 amide bonds. The van der Waals surface area contributed by atoms with E-state index < -0.39 is 20.1 Å². The lowest BCUT2D eigenvalue weighted by Gasteiger charge is -2.44. The maximum Gasteiger partial charge on any atom is 0.338 e. The van der Waals surface area contributed by atoms with E-state index >= 15 is 0 Å². The summed E-state index contributed by atoms with van der Waals surface area (Å²) in [5.41, 5.74) is 2.43. The number of fused-ring (bicyclic) bond motifs is 1. The van der Waals surface area contributed by atoms with Gasteiger partial charge in [0.2, 0.25) is 5.91 Å². The van der Waals surface area contributed by atoms with Gasteiger partial charge in [0.25, 0.3) is 0 Å². The Morgan fingerprint density at radius 3 is 2.43 bits per heavy atom. The normalized spacial score (nSPS) is 18.3. The Morgan fingerprint density at radius 2 is 1.83 bits per heavy atom. The van der Waals surface area contributed by atoms with Gasteiger partial charge in [0, 0.05) is 10.6 Å². The molecule has 35 heavy (non-hydrogen) atoms. The van der Waals surface area contributed by atoms with Gasteiger partial charge in [0.15, 0.2) is 8.32 Å². The van der Waals surface area contributed by atoms with Gasteiger partial charge in [0.05, 0.1) is 37.8 Å². The number of amides is 1. The number of methoxy groups -OCH3 is 1. The fraction of sp³-hybridized carbons (Fsp3) is 0.481. The van der Waals surface area contributed by atoms with E-state index in [9.17, 15) is 14.0 Å². The van der Waals surface area contributed by atoms with Crippen LogP contribution in [0.25, 0.3) is 0 Å². The van der Waals surface area contributed by atoms with Crippen LogP contribution in [0.3, 0.4) is 0 Å². The second kappa shape index (κ2) is 10.4. The summed E-state index contributed by atoms with van der Waals surface area (Å²) in [5, 5.41) is 0.225. The molecule has 0 aromatic heterocycles. The van der Waals surface area contributed by atoms with Crippen molar-refractivity contribution in [2.24, 2.45) is 0 Å². The van der Waals surface area contributed by atoms with Gasteiger partial charge in [-0.2, -0.15) is 0 Å². The minimum Gasteiger partial charge on any atom is -0.465 e. The number of rotatable bonds is 6. The molecule has 5 nitrogen and oxygen atoms in total. The molecule has 3 rings (SSSR count). The third-order valence-electron chi connectivity index (χ3n) is 7.44. The lowest BCUT2D eigenvalue weighted by atomic mass is 9.85. The molecule has 0 aliphatic carbocycles. The Labute approximate surface area is 213 Å². The van der Waals surface area contributed by atoms with Crippen molar-refractivity contribution in [3.05, 3.63) is 69.5 Å². The molecular weight excluding hydrogens is 485 g/mol. The smallest absolute Gasteiger partial charge is 0.338 e. The highest BCUT2D eigenvalue weighted by molar-refractivity contribution is 6.74. The average Bonchev–Trinajstić information content (AvgIpc) is 2.78. The first-order chi connectivity index (χ1) is 16.3. The summed E-state index contributed by atoms with van der Waals surface area (Å²) in [6, 6.07) is 9.23. The number of hydrogen-bond acceptors (Lipinski definition) is 4. The van der Waals surface area contributed by atoms with Crippen molar-refractivity contribution in [2.45, 2.75) is 70.8 Å². The van der Waals surface area contributed by atoms with E-state index in [0.29, 0.717) is 18.6 Å². The van der Waals surface area contributed by atoms with E-state index in [2.05, 4.69) is 33.9 Å². The molecule has 0 bridgehead atoms. The highest BCUT2D eigenvalue weighted by Gasteiger charge is 2.41. The van der Waals surface area contributed by atoms with Crippen LogP contribution in [-0.2, 0) is 26.8 Å². The Bertz CT molecular complexity index is 1090. The molecule has 0 fully saturated rings. The predicted molar refractivity (Wildman–Crippen MR) is 139 cm³/mol. The quantitative estimate of drug-likeness (QED) is 0.330. The summed E-state index contributed by atoms with van der Waals surface area (Å²) in [6.45, 7) is 13.1. The minimum atomic E-state index is -2.11. The molecule has 2 atom stereocenters. The maximum atomic E-state index is 14.5. The van der Waals surface area contributed by atoms with Gasteiger partial charge in [-0.1, -0.05) is 50.6 Å². The second-order valence-corrected chi connectivity index (χ2v) is 15.9. The van der Waals surface area contributed by atoms with Crippen molar-refractivity contribution >= 4 is 31.8 Å². The first-order valence-electron chi connectivity index (χ1n) is 11.9. The predicted octanol–water partition coefficient (Wildman–Crippen LogP) is 6.34. The summed E-state index contributed by atoms with van der Waals surface area (Å²) >= 11 is 6.23. The summed E-state index contributed by atoms with van der Waals surface area (Å²) < 4.78 is 26.0. The van der Waals surface area contributed by atoms with E-state index in [1.54, 1.807) is 23.1 Å². The van der Waals surface area contributed by atoms with Crippen molar-refractivity contribution in [1.29, 1.82) is 0 Å². The minimum absolute atomic E-state index is 0.00208. The van der Waals surface area contributed by atoms with Gasteiger partial charge in [-0.15, -0.1) is 0 Å². The molecule has 190 valence electrons. The summed E-state index contributed by atoms with van der Waals surface area (Å²) in [6.07, 6.45) is 0.286. The van der Waals surface area contributed by atoms with Crippen LogP contribution in [0.4, 0.5) is 4.39 Å². The van der Waals surface area contributed by atoms with Crippen LogP contribution < -0.4 is 0 Å². The first kappa shape index (κ1) is 27.4. The highest BCUT2D eigenvalue weighted by Crippen LogP contribution is 2.39. The van der Waals surface area contributed by atoms with Crippen LogP contribution in [0.1, 0.15) is 60.8 Å². The number of carbonyl (C=O) groups excluding carboxylic acids is 2. The van der Waals surface area contributed by atoms with E-state index in [4.69, 9.17) is 20.8 Å². The molecule has 2 aromatic carbocycles. The Balaban J connectivity index is 2.01. The maximum absolute atomic E-state index is 14.5. The number of esters is 1. The zero-order valence-electron chi connectivity index (χ0n) is 21.6. The molecular formula is C27H35ClFNO4Si. The van der Waals surface area contributed by atoms with Crippen LogP contribution in [0, 0.1) is 5.82 Å². The fourth-order valence-corrected chi connectivity index (χ4v) is 5.62. The van der Waals surface area contributed by atoms with Crippen LogP contribution >= 0.6 is 11.6 Å². The van der Waals surface area contributed by atoms with Gasteiger partial charge in [-0.3, -0.25) is 4.79 Å². The number of carbonyl (C=O) groups is 2. The molecule has 1 aliphatic heterocycles. The Kier molecular flexibility index (Phi) is 8.14. The molecule has 1 heterocycles. The Hall–Kier alpha value is -2.22. The van der Waals surface area contributed by atoms with E-state index in [1.165, 1.54) is 19.2 Å². The molecule has 0 unspecified atom stereocenters. The van der Waals surface area contributed by atoms with Crippen molar-refractivity contribution in [2.75, 3.05) is 13.7 Å². The molecule has 0 saturated heterocycles. The third kappa shape index (κ3) is 5.62. The lowest BCUT2D eigenvalue weighted by molar-refractivity contribution is -0.137. The SMILES string of the molecule is COC(=O)c1cccc2c1C[C@H](CO[Si](C)(C)C(C)(C)C)N(C(=O)Cc1c(F)cccc1Cl)[C@H]2C. The van der Waals surface area contributed by atoms with E-state index in [1.807, 2.05) is 13.0 Å².